The molecule has 0 aromatic heterocycles. The number of ether oxygens (including phenoxy) is 1. The minimum absolute atomic E-state index is 0.0317. The van der Waals surface area contributed by atoms with E-state index in [0.717, 1.165) is 12.8 Å². The Bertz CT molecular complexity index is 320. The molecular weight excluding hydrogens is 242 g/mol. The van der Waals surface area contributed by atoms with Crippen LogP contribution in [-0.2, 0) is 14.8 Å². The van der Waals surface area contributed by atoms with Gasteiger partial charge in [0.25, 0.3) is 0 Å². The van der Waals surface area contributed by atoms with E-state index in [1.165, 1.54) is 0 Å². The first kappa shape index (κ1) is 14.9. The van der Waals surface area contributed by atoms with Gasteiger partial charge in [-0.1, -0.05) is 12.8 Å². The van der Waals surface area contributed by atoms with Crippen molar-refractivity contribution >= 4 is 10.0 Å². The number of rotatable bonds is 7. The van der Waals surface area contributed by atoms with Crippen molar-refractivity contribution in [1.29, 1.82) is 0 Å². The Balaban J connectivity index is 2.29. The van der Waals surface area contributed by atoms with Crippen molar-refractivity contribution in [3.8, 4) is 0 Å². The summed E-state index contributed by atoms with van der Waals surface area (Å²) >= 11 is 0. The second kappa shape index (κ2) is 6.13. The summed E-state index contributed by atoms with van der Waals surface area (Å²) in [4.78, 5) is 0. The molecular formula is C11H23NO4S. The first-order valence-corrected chi connectivity index (χ1v) is 7.80. The predicted octanol–water partition coefficient (Wildman–Crippen LogP) is 0.636. The van der Waals surface area contributed by atoms with E-state index >= 15 is 0 Å². The molecule has 0 saturated heterocycles. The summed E-state index contributed by atoms with van der Waals surface area (Å²) in [5.74, 6) is -0.0543. The standard InChI is InChI=1S/C11H23NO4S/c1-10(2)16-7-8-17(14,15)12-9-11(13)5-3-4-6-11/h10,12-13H,3-9H2,1-2H3. The van der Waals surface area contributed by atoms with Crippen LogP contribution in [0.15, 0.2) is 0 Å². The Labute approximate surface area is 104 Å². The molecule has 102 valence electrons. The largest absolute Gasteiger partial charge is 0.389 e. The van der Waals surface area contributed by atoms with Gasteiger partial charge in [-0.2, -0.15) is 0 Å². The minimum Gasteiger partial charge on any atom is -0.389 e. The van der Waals surface area contributed by atoms with Crippen LogP contribution < -0.4 is 4.72 Å². The molecule has 1 rings (SSSR count). The Hall–Kier alpha value is -0.170. The fourth-order valence-electron chi connectivity index (χ4n) is 1.92. The Kier molecular flexibility index (Phi) is 5.37. The second-order valence-corrected chi connectivity index (χ2v) is 6.92. The molecule has 0 unspecified atom stereocenters. The van der Waals surface area contributed by atoms with E-state index in [4.69, 9.17) is 4.74 Å². The van der Waals surface area contributed by atoms with E-state index in [9.17, 15) is 13.5 Å². The van der Waals surface area contributed by atoms with Crippen LogP contribution in [0.1, 0.15) is 39.5 Å². The van der Waals surface area contributed by atoms with Crippen LogP contribution in [0.2, 0.25) is 0 Å². The number of hydrogen-bond acceptors (Lipinski definition) is 4. The highest BCUT2D eigenvalue weighted by atomic mass is 32.2. The van der Waals surface area contributed by atoms with Crippen molar-refractivity contribution in [2.24, 2.45) is 0 Å². The van der Waals surface area contributed by atoms with Crippen LogP contribution in [0.5, 0.6) is 0 Å². The fourth-order valence-corrected chi connectivity index (χ4v) is 2.87. The SMILES string of the molecule is CC(C)OCCS(=O)(=O)NCC1(O)CCCC1. The van der Waals surface area contributed by atoms with E-state index in [1.54, 1.807) is 0 Å². The molecule has 2 N–H and O–H groups in total. The first-order valence-electron chi connectivity index (χ1n) is 6.14. The van der Waals surface area contributed by atoms with Gasteiger partial charge in [-0.3, -0.25) is 0 Å². The van der Waals surface area contributed by atoms with Crippen LogP contribution >= 0.6 is 0 Å². The molecule has 1 saturated carbocycles. The average Bonchev–Trinajstić information content (AvgIpc) is 2.63. The number of aliphatic hydroxyl groups is 1. The van der Waals surface area contributed by atoms with Crippen molar-refractivity contribution in [3.63, 3.8) is 0 Å². The van der Waals surface area contributed by atoms with Gasteiger partial charge in [-0.15, -0.1) is 0 Å². The van der Waals surface area contributed by atoms with Crippen molar-refractivity contribution in [1.82, 2.24) is 4.72 Å². The summed E-state index contributed by atoms with van der Waals surface area (Å²) in [6.07, 6.45) is 3.32. The van der Waals surface area contributed by atoms with Crippen LogP contribution in [0.4, 0.5) is 0 Å². The summed E-state index contributed by atoms with van der Waals surface area (Å²) in [6, 6.07) is 0. The molecule has 5 nitrogen and oxygen atoms in total. The summed E-state index contributed by atoms with van der Waals surface area (Å²) in [5, 5.41) is 10.0. The van der Waals surface area contributed by atoms with Crippen LogP contribution in [-0.4, -0.2) is 44.1 Å². The van der Waals surface area contributed by atoms with Crippen LogP contribution in [0, 0.1) is 0 Å². The Morgan fingerprint density at radius 3 is 2.47 bits per heavy atom. The maximum Gasteiger partial charge on any atom is 0.213 e. The maximum atomic E-state index is 11.6. The van der Waals surface area contributed by atoms with Gasteiger partial charge >= 0.3 is 0 Å². The lowest BCUT2D eigenvalue weighted by Crippen LogP contribution is -2.42. The maximum absolute atomic E-state index is 11.6. The molecule has 0 amide bonds. The summed E-state index contributed by atoms with van der Waals surface area (Å²) in [7, 11) is -3.34. The monoisotopic (exact) mass is 265 g/mol. The van der Waals surface area contributed by atoms with Gasteiger partial charge < -0.3 is 9.84 Å². The van der Waals surface area contributed by atoms with Gasteiger partial charge in [-0.05, 0) is 26.7 Å². The minimum atomic E-state index is -3.34. The lowest BCUT2D eigenvalue weighted by Gasteiger charge is -2.22. The van der Waals surface area contributed by atoms with Crippen molar-refractivity contribution in [3.05, 3.63) is 0 Å². The van der Waals surface area contributed by atoms with Gasteiger partial charge in [0.2, 0.25) is 10.0 Å². The second-order valence-electron chi connectivity index (χ2n) is 4.99. The zero-order chi connectivity index (χ0) is 12.9. The molecule has 1 fully saturated rings. The van der Waals surface area contributed by atoms with Gasteiger partial charge in [0, 0.05) is 6.54 Å². The lowest BCUT2D eigenvalue weighted by molar-refractivity contribution is 0.0529. The third-order valence-corrected chi connectivity index (χ3v) is 4.25. The molecule has 6 heteroatoms. The molecule has 0 heterocycles. The molecule has 0 spiro atoms. The Morgan fingerprint density at radius 2 is 1.94 bits per heavy atom. The van der Waals surface area contributed by atoms with E-state index in [1.807, 2.05) is 13.8 Å². The van der Waals surface area contributed by atoms with Crippen molar-refractivity contribution in [2.75, 3.05) is 18.9 Å². The highest BCUT2D eigenvalue weighted by molar-refractivity contribution is 7.89. The lowest BCUT2D eigenvalue weighted by atomic mass is 10.0. The topological polar surface area (TPSA) is 75.6 Å². The summed E-state index contributed by atoms with van der Waals surface area (Å²) in [6.45, 7) is 4.03. The molecule has 1 aliphatic rings. The number of sulfonamides is 1. The third kappa shape index (κ3) is 5.81. The predicted molar refractivity (Wildman–Crippen MR) is 66.3 cm³/mol. The number of nitrogens with one attached hydrogen (secondary N) is 1. The van der Waals surface area contributed by atoms with E-state index < -0.39 is 15.6 Å². The summed E-state index contributed by atoms with van der Waals surface area (Å²) < 4.78 is 30.9. The van der Waals surface area contributed by atoms with Gasteiger partial charge in [0.15, 0.2) is 0 Å². The fraction of sp³-hybridized carbons (Fsp3) is 1.00. The molecule has 0 aromatic rings. The van der Waals surface area contributed by atoms with Gasteiger partial charge in [0.1, 0.15) is 0 Å². The van der Waals surface area contributed by atoms with E-state index in [2.05, 4.69) is 4.72 Å². The van der Waals surface area contributed by atoms with E-state index in [0.29, 0.717) is 12.8 Å². The zero-order valence-corrected chi connectivity index (χ0v) is 11.4. The molecule has 17 heavy (non-hydrogen) atoms. The molecule has 0 radical (unpaired) electrons. The zero-order valence-electron chi connectivity index (χ0n) is 10.6. The quantitative estimate of drug-likeness (QED) is 0.708. The van der Waals surface area contributed by atoms with Crippen LogP contribution in [0.3, 0.4) is 0 Å². The molecule has 0 aromatic carbocycles. The highest BCUT2D eigenvalue weighted by Gasteiger charge is 2.32. The normalized spacial score (nSPS) is 20.0. The van der Waals surface area contributed by atoms with E-state index in [-0.39, 0.29) is 25.0 Å². The number of hydrogen-bond donors (Lipinski definition) is 2. The van der Waals surface area contributed by atoms with Gasteiger partial charge in [-0.25, -0.2) is 13.1 Å². The molecule has 0 aliphatic heterocycles. The van der Waals surface area contributed by atoms with Crippen LogP contribution in [0.25, 0.3) is 0 Å². The van der Waals surface area contributed by atoms with Crippen molar-refractivity contribution in [2.45, 2.75) is 51.2 Å². The molecule has 0 atom stereocenters. The third-order valence-electron chi connectivity index (χ3n) is 2.96. The van der Waals surface area contributed by atoms with Gasteiger partial charge in [0.05, 0.1) is 24.1 Å². The summed E-state index contributed by atoms with van der Waals surface area (Å²) in [5.41, 5.74) is -0.841. The first-order chi connectivity index (χ1) is 7.83. The van der Waals surface area contributed by atoms with Crippen molar-refractivity contribution < 1.29 is 18.3 Å². The molecule has 0 bridgehead atoms. The average molecular weight is 265 g/mol. The smallest absolute Gasteiger partial charge is 0.213 e. The molecule has 1 aliphatic carbocycles. The highest BCUT2D eigenvalue weighted by Crippen LogP contribution is 2.28. The Morgan fingerprint density at radius 1 is 1.35 bits per heavy atom.